The highest BCUT2D eigenvalue weighted by Gasteiger charge is 2.29. The lowest BCUT2D eigenvalue weighted by molar-refractivity contribution is 0.0603. The zero-order chi connectivity index (χ0) is 13.8. The maximum Gasteiger partial charge on any atom is 0.261 e. The number of hydrogen-bond acceptors (Lipinski definition) is 3. The van der Waals surface area contributed by atoms with Crippen LogP contribution in [0.1, 0.15) is 36.0 Å². The number of alkyl halides is 1. The molecule has 1 amide bonds. The molecular weight excluding hydrogens is 266 g/mol. The van der Waals surface area contributed by atoms with Crippen molar-refractivity contribution < 1.29 is 15.0 Å². The van der Waals surface area contributed by atoms with Crippen molar-refractivity contribution in [2.75, 3.05) is 12.4 Å². The van der Waals surface area contributed by atoms with Gasteiger partial charge in [-0.15, -0.1) is 11.6 Å². The summed E-state index contributed by atoms with van der Waals surface area (Å²) < 4.78 is 0. The molecule has 0 bridgehead atoms. The van der Waals surface area contributed by atoms with E-state index in [0.29, 0.717) is 12.4 Å². The molecule has 1 fully saturated rings. The quantitative estimate of drug-likeness (QED) is 0.839. The summed E-state index contributed by atoms with van der Waals surface area (Å²) in [5.41, 5.74) is -0.0102. The van der Waals surface area contributed by atoms with Gasteiger partial charge in [-0.3, -0.25) is 4.79 Å². The third-order valence-electron chi connectivity index (χ3n) is 3.56. The van der Waals surface area contributed by atoms with E-state index in [1.54, 1.807) is 4.90 Å². The Kier molecular flexibility index (Phi) is 4.53. The van der Waals surface area contributed by atoms with Gasteiger partial charge in [-0.25, -0.2) is 0 Å². The molecule has 104 valence electrons. The summed E-state index contributed by atoms with van der Waals surface area (Å²) in [6.07, 6.45) is 3.69. The molecule has 1 atom stereocenters. The number of likely N-dealkylation sites (tertiary alicyclic amines) is 1. The van der Waals surface area contributed by atoms with Gasteiger partial charge < -0.3 is 15.1 Å². The summed E-state index contributed by atoms with van der Waals surface area (Å²) in [6.45, 7) is 0.647. The van der Waals surface area contributed by atoms with Crippen molar-refractivity contribution in [3.63, 3.8) is 0 Å². The first-order valence-corrected chi connectivity index (χ1v) is 7.06. The van der Waals surface area contributed by atoms with Gasteiger partial charge in [-0.2, -0.15) is 0 Å². The molecule has 19 heavy (non-hydrogen) atoms. The van der Waals surface area contributed by atoms with E-state index in [0.717, 1.165) is 25.7 Å². The van der Waals surface area contributed by atoms with Crippen LogP contribution in [0.4, 0.5) is 0 Å². The minimum atomic E-state index is -0.314. The third-order valence-corrected chi connectivity index (χ3v) is 3.78. The summed E-state index contributed by atoms with van der Waals surface area (Å²) in [6, 6.07) is 4.42. The number of amides is 1. The first kappa shape index (κ1) is 14.0. The summed E-state index contributed by atoms with van der Waals surface area (Å²) >= 11 is 5.78. The molecule has 2 rings (SSSR count). The van der Waals surface area contributed by atoms with Crippen molar-refractivity contribution in [2.24, 2.45) is 0 Å². The number of phenols is 2. The molecule has 0 saturated carbocycles. The number of benzene rings is 1. The second-order valence-electron chi connectivity index (χ2n) is 4.80. The van der Waals surface area contributed by atoms with Gasteiger partial charge in [0.15, 0.2) is 0 Å². The van der Waals surface area contributed by atoms with Crippen molar-refractivity contribution in [2.45, 2.75) is 31.7 Å². The number of nitrogens with zero attached hydrogens (tertiary/aromatic N) is 1. The van der Waals surface area contributed by atoms with Crippen LogP contribution in [0, 0.1) is 0 Å². The molecule has 1 heterocycles. The van der Waals surface area contributed by atoms with Crippen molar-refractivity contribution in [3.05, 3.63) is 23.8 Å². The molecule has 1 aliphatic heterocycles. The Labute approximate surface area is 117 Å². The van der Waals surface area contributed by atoms with Gasteiger partial charge in [0.05, 0.1) is 0 Å². The molecule has 2 N–H and O–H groups in total. The smallest absolute Gasteiger partial charge is 0.261 e. The lowest BCUT2D eigenvalue weighted by atomic mass is 9.98. The Morgan fingerprint density at radius 2 is 2.00 bits per heavy atom. The number of carbonyl (C=O) groups is 1. The van der Waals surface area contributed by atoms with Crippen LogP contribution in [0.3, 0.4) is 0 Å². The lowest BCUT2D eigenvalue weighted by Crippen LogP contribution is -2.44. The lowest BCUT2D eigenvalue weighted by Gasteiger charge is -2.35. The normalized spacial score (nSPS) is 19.4. The average Bonchev–Trinajstić information content (AvgIpc) is 2.39. The van der Waals surface area contributed by atoms with E-state index in [-0.39, 0.29) is 29.0 Å². The number of hydrogen-bond donors (Lipinski definition) is 2. The van der Waals surface area contributed by atoms with Gasteiger partial charge in [0, 0.05) is 18.5 Å². The molecule has 0 aliphatic carbocycles. The Hall–Kier alpha value is -1.42. The maximum absolute atomic E-state index is 12.5. The van der Waals surface area contributed by atoms with E-state index < -0.39 is 0 Å². The molecule has 4 nitrogen and oxygen atoms in total. The fraction of sp³-hybridized carbons (Fsp3) is 0.500. The molecule has 1 aliphatic rings. The van der Waals surface area contributed by atoms with Crippen LogP contribution in [0.5, 0.6) is 11.5 Å². The highest BCUT2D eigenvalue weighted by Crippen LogP contribution is 2.30. The largest absolute Gasteiger partial charge is 0.507 e. The fourth-order valence-corrected chi connectivity index (χ4v) is 2.84. The van der Waals surface area contributed by atoms with E-state index >= 15 is 0 Å². The molecule has 0 radical (unpaired) electrons. The van der Waals surface area contributed by atoms with E-state index in [9.17, 15) is 15.0 Å². The van der Waals surface area contributed by atoms with Crippen molar-refractivity contribution in [1.29, 1.82) is 0 Å². The van der Waals surface area contributed by atoms with Crippen molar-refractivity contribution >= 4 is 17.5 Å². The third kappa shape index (κ3) is 2.95. The van der Waals surface area contributed by atoms with Crippen molar-refractivity contribution in [3.8, 4) is 11.5 Å². The summed E-state index contributed by atoms with van der Waals surface area (Å²) in [5.74, 6) is -0.174. The topological polar surface area (TPSA) is 60.8 Å². The second kappa shape index (κ2) is 6.15. The monoisotopic (exact) mass is 283 g/mol. The van der Waals surface area contributed by atoms with Crippen LogP contribution < -0.4 is 0 Å². The Balaban J connectivity index is 2.26. The average molecular weight is 284 g/mol. The van der Waals surface area contributed by atoms with Gasteiger partial charge in [0.2, 0.25) is 0 Å². The van der Waals surface area contributed by atoms with E-state index in [2.05, 4.69) is 0 Å². The predicted molar refractivity (Wildman–Crippen MR) is 73.8 cm³/mol. The SMILES string of the molecule is O=C(c1c(O)cccc1O)N1CCCCC1CCCl. The van der Waals surface area contributed by atoms with Crippen LogP contribution in [-0.2, 0) is 0 Å². The molecular formula is C14H18ClNO3. The Morgan fingerprint density at radius 3 is 2.63 bits per heavy atom. The van der Waals surface area contributed by atoms with Crippen LogP contribution in [0.25, 0.3) is 0 Å². The van der Waals surface area contributed by atoms with Gasteiger partial charge >= 0.3 is 0 Å². The van der Waals surface area contributed by atoms with Gasteiger partial charge in [-0.1, -0.05) is 6.07 Å². The molecule has 0 aromatic heterocycles. The number of piperidine rings is 1. The molecule has 0 spiro atoms. The van der Waals surface area contributed by atoms with Crippen LogP contribution in [0.2, 0.25) is 0 Å². The summed E-state index contributed by atoms with van der Waals surface area (Å²) in [4.78, 5) is 14.2. The van der Waals surface area contributed by atoms with Crippen LogP contribution >= 0.6 is 11.6 Å². The summed E-state index contributed by atoms with van der Waals surface area (Å²) in [5, 5.41) is 19.6. The standard InChI is InChI=1S/C14H18ClNO3/c15-8-7-10-4-1-2-9-16(10)14(19)13-11(17)5-3-6-12(13)18/h3,5-6,10,17-18H,1-2,4,7-9H2. The van der Waals surface area contributed by atoms with Crippen LogP contribution in [0.15, 0.2) is 18.2 Å². The molecule has 1 aromatic rings. The number of carbonyl (C=O) groups excluding carboxylic acids is 1. The highest BCUT2D eigenvalue weighted by molar-refractivity contribution is 6.17. The van der Waals surface area contributed by atoms with Gasteiger partial charge in [-0.05, 0) is 37.8 Å². The maximum atomic E-state index is 12.5. The van der Waals surface area contributed by atoms with Gasteiger partial charge in [0.25, 0.3) is 5.91 Å². The number of rotatable bonds is 3. The van der Waals surface area contributed by atoms with Crippen molar-refractivity contribution in [1.82, 2.24) is 4.90 Å². The molecule has 1 unspecified atom stereocenters. The van der Waals surface area contributed by atoms with E-state index in [1.807, 2.05) is 0 Å². The molecule has 1 saturated heterocycles. The minimum Gasteiger partial charge on any atom is -0.507 e. The fourth-order valence-electron chi connectivity index (χ4n) is 2.59. The zero-order valence-electron chi connectivity index (χ0n) is 10.7. The number of halogens is 1. The van der Waals surface area contributed by atoms with E-state index in [1.165, 1.54) is 18.2 Å². The first-order valence-electron chi connectivity index (χ1n) is 6.53. The van der Waals surface area contributed by atoms with Gasteiger partial charge in [0.1, 0.15) is 17.1 Å². The zero-order valence-corrected chi connectivity index (χ0v) is 11.4. The molecule has 5 heteroatoms. The second-order valence-corrected chi connectivity index (χ2v) is 5.18. The number of aromatic hydroxyl groups is 2. The first-order chi connectivity index (χ1) is 9.15. The highest BCUT2D eigenvalue weighted by atomic mass is 35.5. The molecule has 1 aromatic carbocycles. The Bertz CT molecular complexity index is 442. The minimum absolute atomic E-state index is 0.0102. The predicted octanol–water partition coefficient (Wildman–Crippen LogP) is 2.72. The van der Waals surface area contributed by atoms with E-state index in [4.69, 9.17) is 11.6 Å². The van der Waals surface area contributed by atoms with Crippen LogP contribution in [-0.4, -0.2) is 39.5 Å². The summed E-state index contributed by atoms with van der Waals surface area (Å²) in [7, 11) is 0. The number of phenolic OH excluding ortho intramolecular Hbond substituents is 2. The Morgan fingerprint density at radius 1 is 1.32 bits per heavy atom.